The van der Waals surface area contributed by atoms with Gasteiger partial charge in [0, 0.05) is 5.41 Å². The highest BCUT2D eigenvalue weighted by Crippen LogP contribution is 2.62. The van der Waals surface area contributed by atoms with E-state index in [4.69, 9.17) is 10.2 Å². The maximum absolute atomic E-state index is 9.36. The third-order valence-corrected chi connectivity index (χ3v) is 3.15. The Bertz CT molecular complexity index is 181. The van der Waals surface area contributed by atoms with Crippen molar-refractivity contribution in [1.29, 1.82) is 0 Å². The molecule has 5 unspecified atom stereocenters. The van der Waals surface area contributed by atoms with Crippen LogP contribution in [-0.4, -0.2) is 45.3 Å². The molecule has 0 spiro atoms. The van der Waals surface area contributed by atoms with Gasteiger partial charge in [-0.15, -0.1) is 0 Å². The summed E-state index contributed by atoms with van der Waals surface area (Å²) in [4.78, 5) is 0. The van der Waals surface area contributed by atoms with Crippen molar-refractivity contribution in [2.45, 2.75) is 24.7 Å². The molecule has 5 atom stereocenters. The fourth-order valence-corrected chi connectivity index (χ4v) is 2.19. The van der Waals surface area contributed by atoms with Crippen LogP contribution in [0, 0.1) is 11.3 Å². The van der Waals surface area contributed by atoms with E-state index >= 15 is 0 Å². The van der Waals surface area contributed by atoms with E-state index < -0.39 is 23.7 Å². The second-order valence-electron chi connectivity index (χ2n) is 3.63. The predicted octanol–water partition coefficient (Wildman–Crippen LogP) is -1.92. The molecular formula is C7H12O4. The standard InChI is InChI=1S/C7H12O4/c8-2-7-1-3(7)4(9)5(10)6(7)11/h3-6,8-11H,1-2H2. The molecule has 0 aromatic carbocycles. The number of aliphatic hydroxyl groups is 4. The van der Waals surface area contributed by atoms with E-state index in [-0.39, 0.29) is 12.5 Å². The first-order valence-electron chi connectivity index (χ1n) is 3.78. The Morgan fingerprint density at radius 1 is 1.18 bits per heavy atom. The summed E-state index contributed by atoms with van der Waals surface area (Å²) in [6, 6.07) is 0. The maximum atomic E-state index is 9.36. The highest BCUT2D eigenvalue weighted by Gasteiger charge is 2.70. The van der Waals surface area contributed by atoms with Gasteiger partial charge in [-0.1, -0.05) is 0 Å². The van der Waals surface area contributed by atoms with Gasteiger partial charge in [-0.3, -0.25) is 0 Å². The zero-order valence-corrected chi connectivity index (χ0v) is 6.01. The van der Waals surface area contributed by atoms with E-state index in [1.165, 1.54) is 0 Å². The van der Waals surface area contributed by atoms with Gasteiger partial charge in [-0.25, -0.2) is 0 Å². The van der Waals surface area contributed by atoms with Gasteiger partial charge in [-0.05, 0) is 12.3 Å². The molecular weight excluding hydrogens is 148 g/mol. The van der Waals surface area contributed by atoms with Gasteiger partial charge in [0.15, 0.2) is 0 Å². The summed E-state index contributed by atoms with van der Waals surface area (Å²) < 4.78 is 0. The molecule has 0 aromatic heterocycles. The van der Waals surface area contributed by atoms with Crippen LogP contribution in [0.2, 0.25) is 0 Å². The summed E-state index contributed by atoms with van der Waals surface area (Å²) >= 11 is 0. The van der Waals surface area contributed by atoms with Gasteiger partial charge in [0.05, 0.1) is 18.8 Å². The summed E-state index contributed by atoms with van der Waals surface area (Å²) in [5.74, 6) is -0.0995. The van der Waals surface area contributed by atoms with Crippen molar-refractivity contribution in [2.75, 3.05) is 6.61 Å². The van der Waals surface area contributed by atoms with Crippen LogP contribution >= 0.6 is 0 Å². The lowest BCUT2D eigenvalue weighted by Crippen LogP contribution is -2.36. The van der Waals surface area contributed by atoms with Crippen LogP contribution in [0.15, 0.2) is 0 Å². The first-order chi connectivity index (χ1) is 5.13. The third-order valence-electron chi connectivity index (χ3n) is 3.15. The number of rotatable bonds is 1. The van der Waals surface area contributed by atoms with E-state index in [0.717, 1.165) is 0 Å². The normalized spacial score (nSPS) is 61.1. The number of fused-ring (bicyclic) bond motifs is 1. The zero-order valence-electron chi connectivity index (χ0n) is 6.01. The molecule has 2 rings (SSSR count). The van der Waals surface area contributed by atoms with Gasteiger partial charge in [0.25, 0.3) is 0 Å². The SMILES string of the molecule is OCC12CC1C(O)C(O)C2O. The monoisotopic (exact) mass is 160 g/mol. The lowest BCUT2D eigenvalue weighted by molar-refractivity contribution is -0.0563. The minimum absolute atomic E-state index is 0.0995. The van der Waals surface area contributed by atoms with Crippen molar-refractivity contribution in [2.24, 2.45) is 11.3 Å². The average Bonchev–Trinajstić information content (AvgIpc) is 2.71. The summed E-state index contributed by atoms with van der Waals surface area (Å²) in [7, 11) is 0. The molecule has 2 saturated carbocycles. The van der Waals surface area contributed by atoms with E-state index in [2.05, 4.69) is 0 Å². The smallest absolute Gasteiger partial charge is 0.107 e. The molecule has 4 nitrogen and oxygen atoms in total. The molecule has 0 aliphatic heterocycles. The van der Waals surface area contributed by atoms with Crippen LogP contribution in [0.3, 0.4) is 0 Å². The fraction of sp³-hybridized carbons (Fsp3) is 1.00. The molecule has 2 fully saturated rings. The van der Waals surface area contributed by atoms with Gasteiger partial charge in [-0.2, -0.15) is 0 Å². The summed E-state index contributed by atoms with van der Waals surface area (Å²) in [6.45, 7) is -0.146. The molecule has 0 radical (unpaired) electrons. The lowest BCUT2D eigenvalue weighted by atomic mass is 10.0. The zero-order chi connectivity index (χ0) is 8.22. The molecule has 4 heteroatoms. The summed E-state index contributed by atoms with van der Waals surface area (Å²) in [6.07, 6.45) is -2.24. The molecule has 11 heavy (non-hydrogen) atoms. The molecule has 0 heterocycles. The summed E-state index contributed by atoms with van der Waals surface area (Å²) in [5, 5.41) is 36.7. The van der Waals surface area contributed by atoms with Gasteiger partial charge in [0.1, 0.15) is 6.10 Å². The van der Waals surface area contributed by atoms with Crippen molar-refractivity contribution < 1.29 is 20.4 Å². The molecule has 4 N–H and O–H groups in total. The van der Waals surface area contributed by atoms with E-state index in [0.29, 0.717) is 6.42 Å². The van der Waals surface area contributed by atoms with E-state index in [1.807, 2.05) is 0 Å². The molecule has 2 aliphatic rings. The van der Waals surface area contributed by atoms with E-state index in [1.54, 1.807) is 0 Å². The molecule has 2 aliphatic carbocycles. The minimum Gasteiger partial charge on any atom is -0.396 e. The second kappa shape index (κ2) is 1.95. The lowest BCUT2D eigenvalue weighted by Gasteiger charge is -2.19. The predicted molar refractivity (Wildman–Crippen MR) is 35.6 cm³/mol. The second-order valence-corrected chi connectivity index (χ2v) is 3.63. The Labute approximate surface area is 64.1 Å². The fourth-order valence-electron chi connectivity index (χ4n) is 2.19. The van der Waals surface area contributed by atoms with Crippen LogP contribution in [-0.2, 0) is 0 Å². The number of hydrogen-bond donors (Lipinski definition) is 4. The maximum Gasteiger partial charge on any atom is 0.107 e. The van der Waals surface area contributed by atoms with Crippen molar-refractivity contribution in [3.63, 3.8) is 0 Å². The first-order valence-corrected chi connectivity index (χ1v) is 3.78. The quantitative estimate of drug-likeness (QED) is 0.360. The van der Waals surface area contributed by atoms with Gasteiger partial charge < -0.3 is 20.4 Å². The first kappa shape index (κ1) is 7.49. The Morgan fingerprint density at radius 2 is 1.82 bits per heavy atom. The Balaban J connectivity index is 2.21. The molecule has 0 amide bonds. The highest BCUT2D eigenvalue weighted by atomic mass is 16.4. The molecule has 0 bridgehead atoms. The highest BCUT2D eigenvalue weighted by molar-refractivity contribution is 5.19. The third kappa shape index (κ3) is 0.679. The average molecular weight is 160 g/mol. The summed E-state index contributed by atoms with van der Waals surface area (Å²) in [5.41, 5.74) is -0.584. The minimum atomic E-state index is -1.07. The largest absolute Gasteiger partial charge is 0.396 e. The van der Waals surface area contributed by atoms with Crippen molar-refractivity contribution in [3.8, 4) is 0 Å². The van der Waals surface area contributed by atoms with Crippen LogP contribution in [0.5, 0.6) is 0 Å². The van der Waals surface area contributed by atoms with Gasteiger partial charge >= 0.3 is 0 Å². The molecule has 64 valence electrons. The molecule has 0 aromatic rings. The van der Waals surface area contributed by atoms with Crippen LogP contribution in [0.25, 0.3) is 0 Å². The topological polar surface area (TPSA) is 80.9 Å². The Morgan fingerprint density at radius 3 is 2.09 bits per heavy atom. The Hall–Kier alpha value is -0.160. The van der Waals surface area contributed by atoms with Crippen LogP contribution in [0.1, 0.15) is 6.42 Å². The van der Waals surface area contributed by atoms with Crippen LogP contribution in [0.4, 0.5) is 0 Å². The molecule has 0 saturated heterocycles. The van der Waals surface area contributed by atoms with Gasteiger partial charge in [0.2, 0.25) is 0 Å². The van der Waals surface area contributed by atoms with Crippen molar-refractivity contribution in [3.05, 3.63) is 0 Å². The van der Waals surface area contributed by atoms with Crippen molar-refractivity contribution in [1.82, 2.24) is 0 Å². The van der Waals surface area contributed by atoms with Crippen molar-refractivity contribution >= 4 is 0 Å². The van der Waals surface area contributed by atoms with E-state index in [9.17, 15) is 10.2 Å². The Kier molecular flexibility index (Phi) is 1.33. The van der Waals surface area contributed by atoms with Crippen LogP contribution < -0.4 is 0 Å². The number of aliphatic hydroxyl groups excluding tert-OH is 4. The number of hydrogen-bond acceptors (Lipinski definition) is 4.